The standard InChI is InChI=1S/C14H24N4/c1-13-5-2-3-9-18(13)10-4-7-15-11-14-6-8-16-12-17-14/h6,8,12-13,15H,2-5,7,9-11H2,1H3. The molecule has 0 bridgehead atoms. The fourth-order valence-corrected chi connectivity index (χ4v) is 2.54. The first-order valence-electron chi connectivity index (χ1n) is 7.06. The SMILES string of the molecule is CC1CCCCN1CCCNCc1ccncn1. The van der Waals surface area contributed by atoms with Gasteiger partial charge in [-0.25, -0.2) is 9.97 Å². The molecule has 0 amide bonds. The lowest BCUT2D eigenvalue weighted by molar-refractivity contribution is 0.159. The molecule has 4 heteroatoms. The van der Waals surface area contributed by atoms with Crippen molar-refractivity contribution in [2.45, 2.75) is 45.2 Å². The summed E-state index contributed by atoms with van der Waals surface area (Å²) in [6.07, 6.45) is 8.76. The number of piperidine rings is 1. The Hall–Kier alpha value is -1.00. The monoisotopic (exact) mass is 248 g/mol. The maximum absolute atomic E-state index is 4.19. The van der Waals surface area contributed by atoms with E-state index < -0.39 is 0 Å². The highest BCUT2D eigenvalue weighted by atomic mass is 15.2. The third kappa shape index (κ3) is 4.35. The van der Waals surface area contributed by atoms with E-state index in [1.165, 1.54) is 38.8 Å². The van der Waals surface area contributed by atoms with Crippen LogP contribution in [0.5, 0.6) is 0 Å². The van der Waals surface area contributed by atoms with Gasteiger partial charge in [0.1, 0.15) is 6.33 Å². The quantitative estimate of drug-likeness (QED) is 0.780. The van der Waals surface area contributed by atoms with Gasteiger partial charge in [0, 0.05) is 18.8 Å². The lowest BCUT2D eigenvalue weighted by Gasteiger charge is -2.33. The van der Waals surface area contributed by atoms with Gasteiger partial charge in [-0.15, -0.1) is 0 Å². The van der Waals surface area contributed by atoms with Crippen LogP contribution in [-0.4, -0.2) is 40.5 Å². The van der Waals surface area contributed by atoms with Gasteiger partial charge in [-0.3, -0.25) is 0 Å². The van der Waals surface area contributed by atoms with Crippen LogP contribution in [-0.2, 0) is 6.54 Å². The maximum Gasteiger partial charge on any atom is 0.115 e. The molecule has 2 heterocycles. The molecule has 0 spiro atoms. The van der Waals surface area contributed by atoms with E-state index in [2.05, 4.69) is 27.1 Å². The van der Waals surface area contributed by atoms with Crippen LogP contribution in [0.2, 0.25) is 0 Å². The van der Waals surface area contributed by atoms with Gasteiger partial charge >= 0.3 is 0 Å². The Bertz CT molecular complexity index is 328. The molecule has 1 fully saturated rings. The minimum absolute atomic E-state index is 0.778. The van der Waals surface area contributed by atoms with E-state index >= 15 is 0 Å². The molecule has 1 atom stereocenters. The second kappa shape index (κ2) is 7.44. The van der Waals surface area contributed by atoms with Crippen LogP contribution in [0, 0.1) is 0 Å². The van der Waals surface area contributed by atoms with Crippen molar-refractivity contribution in [2.24, 2.45) is 0 Å². The highest BCUT2D eigenvalue weighted by Crippen LogP contribution is 2.15. The highest BCUT2D eigenvalue weighted by molar-refractivity contribution is 4.96. The zero-order valence-corrected chi connectivity index (χ0v) is 11.3. The van der Waals surface area contributed by atoms with Gasteiger partial charge in [0.15, 0.2) is 0 Å². The summed E-state index contributed by atoms with van der Waals surface area (Å²) in [7, 11) is 0. The molecule has 1 aromatic heterocycles. The second-order valence-corrected chi connectivity index (χ2v) is 5.11. The lowest BCUT2D eigenvalue weighted by Crippen LogP contribution is -2.38. The molecule has 1 aliphatic heterocycles. The van der Waals surface area contributed by atoms with E-state index in [9.17, 15) is 0 Å². The summed E-state index contributed by atoms with van der Waals surface area (Å²) < 4.78 is 0. The molecule has 100 valence electrons. The van der Waals surface area contributed by atoms with Crippen LogP contribution < -0.4 is 5.32 Å². The predicted octanol–water partition coefficient (Wildman–Crippen LogP) is 1.83. The Morgan fingerprint density at radius 2 is 2.39 bits per heavy atom. The largest absolute Gasteiger partial charge is 0.311 e. The molecule has 18 heavy (non-hydrogen) atoms. The van der Waals surface area contributed by atoms with E-state index in [1.807, 2.05) is 6.07 Å². The molecule has 1 aliphatic rings. The van der Waals surface area contributed by atoms with Crippen LogP contribution in [0.15, 0.2) is 18.6 Å². The molecule has 0 saturated carbocycles. The molecule has 2 rings (SSSR count). The Balaban J connectivity index is 1.56. The Kier molecular flexibility index (Phi) is 5.55. The Morgan fingerprint density at radius 3 is 3.17 bits per heavy atom. The summed E-state index contributed by atoms with van der Waals surface area (Å²) >= 11 is 0. The maximum atomic E-state index is 4.19. The van der Waals surface area contributed by atoms with Crippen molar-refractivity contribution in [3.8, 4) is 0 Å². The summed E-state index contributed by atoms with van der Waals surface area (Å²) in [5.74, 6) is 0. The Morgan fingerprint density at radius 1 is 1.44 bits per heavy atom. The van der Waals surface area contributed by atoms with Gasteiger partial charge in [0.25, 0.3) is 0 Å². The van der Waals surface area contributed by atoms with Crippen molar-refractivity contribution < 1.29 is 0 Å². The average Bonchev–Trinajstić information content (AvgIpc) is 2.42. The number of nitrogens with zero attached hydrogens (tertiary/aromatic N) is 3. The van der Waals surface area contributed by atoms with Crippen molar-refractivity contribution in [1.82, 2.24) is 20.2 Å². The van der Waals surface area contributed by atoms with E-state index in [4.69, 9.17) is 0 Å². The van der Waals surface area contributed by atoms with Crippen LogP contribution in [0.1, 0.15) is 38.3 Å². The Labute approximate surface area is 110 Å². The molecule has 1 aromatic rings. The zero-order chi connectivity index (χ0) is 12.6. The minimum Gasteiger partial charge on any atom is -0.311 e. The van der Waals surface area contributed by atoms with Gasteiger partial charge in [-0.05, 0) is 51.9 Å². The van der Waals surface area contributed by atoms with Gasteiger partial charge in [-0.2, -0.15) is 0 Å². The molecule has 0 aliphatic carbocycles. The van der Waals surface area contributed by atoms with Crippen molar-refractivity contribution in [2.75, 3.05) is 19.6 Å². The van der Waals surface area contributed by atoms with Crippen molar-refractivity contribution in [1.29, 1.82) is 0 Å². The van der Waals surface area contributed by atoms with Crippen molar-refractivity contribution in [3.05, 3.63) is 24.3 Å². The normalized spacial score (nSPS) is 21.1. The molecule has 1 unspecified atom stereocenters. The van der Waals surface area contributed by atoms with Crippen LogP contribution >= 0.6 is 0 Å². The van der Waals surface area contributed by atoms with E-state index in [0.717, 1.165) is 24.8 Å². The zero-order valence-electron chi connectivity index (χ0n) is 11.3. The topological polar surface area (TPSA) is 41.0 Å². The van der Waals surface area contributed by atoms with Crippen LogP contribution in [0.25, 0.3) is 0 Å². The molecular weight excluding hydrogens is 224 g/mol. The van der Waals surface area contributed by atoms with Gasteiger partial charge < -0.3 is 10.2 Å². The summed E-state index contributed by atoms with van der Waals surface area (Å²) in [4.78, 5) is 10.7. The third-order valence-electron chi connectivity index (χ3n) is 3.69. The lowest BCUT2D eigenvalue weighted by atomic mass is 10.0. The minimum atomic E-state index is 0.778. The first kappa shape index (κ1) is 13.4. The first-order valence-corrected chi connectivity index (χ1v) is 7.06. The van der Waals surface area contributed by atoms with Crippen LogP contribution in [0.3, 0.4) is 0 Å². The molecule has 4 nitrogen and oxygen atoms in total. The van der Waals surface area contributed by atoms with Gasteiger partial charge in [0.2, 0.25) is 0 Å². The number of rotatable bonds is 6. The second-order valence-electron chi connectivity index (χ2n) is 5.11. The van der Waals surface area contributed by atoms with Gasteiger partial charge in [-0.1, -0.05) is 6.42 Å². The van der Waals surface area contributed by atoms with E-state index in [1.54, 1.807) is 12.5 Å². The summed E-state index contributed by atoms with van der Waals surface area (Å²) in [5, 5.41) is 3.44. The molecule has 1 N–H and O–H groups in total. The predicted molar refractivity (Wildman–Crippen MR) is 73.2 cm³/mol. The number of hydrogen-bond donors (Lipinski definition) is 1. The van der Waals surface area contributed by atoms with Crippen LogP contribution in [0.4, 0.5) is 0 Å². The van der Waals surface area contributed by atoms with Gasteiger partial charge in [0.05, 0.1) is 5.69 Å². The highest BCUT2D eigenvalue weighted by Gasteiger charge is 2.16. The summed E-state index contributed by atoms with van der Waals surface area (Å²) in [5.41, 5.74) is 1.07. The molecule has 1 saturated heterocycles. The number of likely N-dealkylation sites (tertiary alicyclic amines) is 1. The smallest absolute Gasteiger partial charge is 0.115 e. The summed E-state index contributed by atoms with van der Waals surface area (Å²) in [6.45, 7) is 6.77. The van der Waals surface area contributed by atoms with E-state index in [0.29, 0.717) is 0 Å². The van der Waals surface area contributed by atoms with Crippen molar-refractivity contribution >= 4 is 0 Å². The fraction of sp³-hybridized carbons (Fsp3) is 0.714. The number of hydrogen-bond acceptors (Lipinski definition) is 4. The molecular formula is C14H24N4. The number of aromatic nitrogens is 2. The average molecular weight is 248 g/mol. The summed E-state index contributed by atoms with van der Waals surface area (Å²) in [6, 6.07) is 2.74. The number of nitrogens with one attached hydrogen (secondary N) is 1. The molecule has 0 aromatic carbocycles. The first-order chi connectivity index (χ1) is 8.86. The molecule has 0 radical (unpaired) electrons. The fourth-order valence-electron chi connectivity index (χ4n) is 2.54. The van der Waals surface area contributed by atoms with E-state index in [-0.39, 0.29) is 0 Å². The van der Waals surface area contributed by atoms with Crippen molar-refractivity contribution in [3.63, 3.8) is 0 Å². The third-order valence-corrected chi connectivity index (χ3v) is 3.69.